The molecule has 3 aromatic rings. The molecule has 2 amide bonds. The van der Waals surface area contributed by atoms with Gasteiger partial charge >= 0.3 is 0 Å². The lowest BCUT2D eigenvalue weighted by atomic mass is 10.0. The Balaban J connectivity index is 1.87. The van der Waals surface area contributed by atoms with Gasteiger partial charge in [-0.05, 0) is 30.5 Å². The van der Waals surface area contributed by atoms with Gasteiger partial charge in [0.05, 0.1) is 5.75 Å². The summed E-state index contributed by atoms with van der Waals surface area (Å²) in [5, 5.41) is 3.03. The Hall–Kier alpha value is -3.12. The van der Waals surface area contributed by atoms with E-state index in [9.17, 15) is 14.0 Å². The zero-order chi connectivity index (χ0) is 25.0. The molecule has 184 valence electrons. The van der Waals surface area contributed by atoms with Crippen molar-refractivity contribution in [3.8, 4) is 0 Å². The molecule has 6 heteroatoms. The second-order valence-corrected chi connectivity index (χ2v) is 9.60. The van der Waals surface area contributed by atoms with Gasteiger partial charge in [-0.1, -0.05) is 85.8 Å². The Morgan fingerprint density at radius 3 is 2.14 bits per heavy atom. The average molecular weight is 493 g/mol. The Kier molecular flexibility index (Phi) is 10.4. The third-order valence-corrected chi connectivity index (χ3v) is 6.90. The summed E-state index contributed by atoms with van der Waals surface area (Å²) in [6.45, 7) is 3.97. The minimum atomic E-state index is -0.754. The average Bonchev–Trinajstić information content (AvgIpc) is 2.88. The number of benzene rings is 3. The summed E-state index contributed by atoms with van der Waals surface area (Å²) >= 11 is 1.49. The molecule has 0 radical (unpaired) electrons. The smallest absolute Gasteiger partial charge is 0.243 e. The van der Waals surface area contributed by atoms with Crippen molar-refractivity contribution in [3.05, 3.63) is 107 Å². The first-order valence-electron chi connectivity index (χ1n) is 12.0. The molecule has 4 nitrogen and oxygen atoms in total. The van der Waals surface area contributed by atoms with Crippen LogP contribution in [0, 0.1) is 5.82 Å². The largest absolute Gasteiger partial charge is 0.352 e. The van der Waals surface area contributed by atoms with Crippen molar-refractivity contribution in [2.75, 3.05) is 5.75 Å². The number of halogens is 1. The second kappa shape index (κ2) is 13.7. The summed E-state index contributed by atoms with van der Waals surface area (Å²) in [6.07, 6.45) is 1.13. The molecule has 2 atom stereocenters. The maximum Gasteiger partial charge on any atom is 0.243 e. The Labute approximate surface area is 211 Å². The standard InChI is InChI=1S/C29H33FN2O2S/c1-3-22(2)31-29(34)27(18-23-12-6-4-7-13-23)32(19-25-16-10-11-17-26(25)30)28(33)21-35-20-24-14-8-5-9-15-24/h4-17,22,27H,3,18-21H2,1-2H3,(H,31,34)/t22-,27+/m1/s1. The van der Waals surface area contributed by atoms with Crippen molar-refractivity contribution >= 4 is 23.6 Å². The summed E-state index contributed by atoms with van der Waals surface area (Å²) in [7, 11) is 0. The first-order chi connectivity index (χ1) is 17.0. The van der Waals surface area contributed by atoms with Crippen molar-refractivity contribution in [2.45, 2.75) is 51.1 Å². The highest BCUT2D eigenvalue weighted by Crippen LogP contribution is 2.20. The van der Waals surface area contributed by atoms with Gasteiger partial charge in [0.2, 0.25) is 11.8 Å². The molecular weight excluding hydrogens is 459 g/mol. The fraction of sp³-hybridized carbons (Fsp3) is 0.310. The van der Waals surface area contributed by atoms with Crippen molar-refractivity contribution in [1.82, 2.24) is 10.2 Å². The van der Waals surface area contributed by atoms with Gasteiger partial charge in [-0.25, -0.2) is 4.39 Å². The number of carbonyl (C=O) groups excluding carboxylic acids is 2. The monoisotopic (exact) mass is 492 g/mol. The number of hydrogen-bond donors (Lipinski definition) is 1. The molecule has 0 aromatic heterocycles. The van der Waals surface area contributed by atoms with Gasteiger partial charge in [0, 0.05) is 30.3 Å². The van der Waals surface area contributed by atoms with Crippen LogP contribution in [0.3, 0.4) is 0 Å². The number of thioether (sulfide) groups is 1. The molecule has 0 saturated heterocycles. The Bertz CT molecular complexity index is 1080. The van der Waals surface area contributed by atoms with Gasteiger partial charge < -0.3 is 10.2 Å². The fourth-order valence-electron chi connectivity index (χ4n) is 3.72. The van der Waals surface area contributed by atoms with Crippen molar-refractivity contribution in [2.24, 2.45) is 0 Å². The molecule has 0 saturated carbocycles. The predicted molar refractivity (Wildman–Crippen MR) is 141 cm³/mol. The zero-order valence-corrected chi connectivity index (χ0v) is 21.1. The summed E-state index contributed by atoms with van der Waals surface area (Å²) in [4.78, 5) is 28.5. The molecule has 0 bridgehead atoms. The normalized spacial score (nSPS) is 12.5. The highest BCUT2D eigenvalue weighted by atomic mass is 32.2. The van der Waals surface area contributed by atoms with E-state index in [2.05, 4.69) is 5.32 Å². The van der Waals surface area contributed by atoms with Gasteiger partial charge in [0.25, 0.3) is 0 Å². The van der Waals surface area contributed by atoms with Crippen LogP contribution in [0.4, 0.5) is 4.39 Å². The molecule has 0 spiro atoms. The number of hydrogen-bond acceptors (Lipinski definition) is 3. The fourth-order valence-corrected chi connectivity index (χ4v) is 4.59. The summed E-state index contributed by atoms with van der Waals surface area (Å²) < 4.78 is 14.6. The van der Waals surface area contributed by atoms with Crippen LogP contribution < -0.4 is 5.32 Å². The SMILES string of the molecule is CC[C@@H](C)NC(=O)[C@H](Cc1ccccc1)N(Cc1ccccc1F)C(=O)CSCc1ccccc1. The van der Waals surface area contributed by atoms with Crippen LogP contribution >= 0.6 is 11.8 Å². The molecular formula is C29H33FN2O2S. The topological polar surface area (TPSA) is 49.4 Å². The van der Waals surface area contributed by atoms with E-state index in [1.807, 2.05) is 74.5 Å². The first-order valence-corrected chi connectivity index (χ1v) is 13.1. The number of nitrogens with one attached hydrogen (secondary N) is 1. The molecule has 1 N–H and O–H groups in total. The first kappa shape index (κ1) is 26.5. The predicted octanol–water partition coefficient (Wildman–Crippen LogP) is 5.61. The van der Waals surface area contributed by atoms with Gasteiger partial charge in [-0.15, -0.1) is 11.8 Å². The van der Waals surface area contributed by atoms with E-state index in [4.69, 9.17) is 0 Å². The van der Waals surface area contributed by atoms with Crippen molar-refractivity contribution in [3.63, 3.8) is 0 Å². The molecule has 0 aliphatic heterocycles. The molecule has 0 aliphatic rings. The Morgan fingerprint density at radius 1 is 0.914 bits per heavy atom. The minimum Gasteiger partial charge on any atom is -0.352 e. The zero-order valence-electron chi connectivity index (χ0n) is 20.3. The van der Waals surface area contributed by atoms with Gasteiger partial charge in [0.15, 0.2) is 0 Å². The maximum atomic E-state index is 14.6. The lowest BCUT2D eigenvalue weighted by molar-refractivity contribution is -0.139. The van der Waals surface area contributed by atoms with Crippen molar-refractivity contribution in [1.29, 1.82) is 0 Å². The van der Waals surface area contributed by atoms with Crippen LogP contribution in [0.1, 0.15) is 37.0 Å². The second-order valence-electron chi connectivity index (χ2n) is 8.61. The van der Waals surface area contributed by atoms with E-state index in [0.717, 1.165) is 17.5 Å². The van der Waals surface area contributed by atoms with E-state index in [0.29, 0.717) is 17.7 Å². The van der Waals surface area contributed by atoms with E-state index in [1.54, 1.807) is 23.1 Å². The minimum absolute atomic E-state index is 0.0290. The lowest BCUT2D eigenvalue weighted by Crippen LogP contribution is -2.52. The highest BCUT2D eigenvalue weighted by molar-refractivity contribution is 7.99. The summed E-state index contributed by atoms with van der Waals surface area (Å²) in [5.41, 5.74) is 2.46. The lowest BCUT2D eigenvalue weighted by Gasteiger charge is -2.32. The van der Waals surface area contributed by atoms with Gasteiger partial charge in [0.1, 0.15) is 11.9 Å². The maximum absolute atomic E-state index is 14.6. The van der Waals surface area contributed by atoms with Crippen LogP contribution in [0.2, 0.25) is 0 Å². The molecule has 35 heavy (non-hydrogen) atoms. The highest BCUT2D eigenvalue weighted by Gasteiger charge is 2.31. The molecule has 3 aromatic carbocycles. The Morgan fingerprint density at radius 2 is 1.51 bits per heavy atom. The van der Waals surface area contributed by atoms with Gasteiger partial charge in [-0.3, -0.25) is 9.59 Å². The van der Waals surface area contributed by atoms with Crippen molar-refractivity contribution < 1.29 is 14.0 Å². The number of amides is 2. The summed E-state index contributed by atoms with van der Waals surface area (Å²) in [6, 6.07) is 25.2. The number of nitrogens with zero attached hydrogens (tertiary/aromatic N) is 1. The van der Waals surface area contributed by atoms with Crippen LogP contribution in [0.5, 0.6) is 0 Å². The molecule has 0 unspecified atom stereocenters. The molecule has 0 heterocycles. The van der Waals surface area contributed by atoms with E-state index in [-0.39, 0.29) is 36.0 Å². The van der Waals surface area contributed by atoms with E-state index in [1.165, 1.54) is 17.8 Å². The molecule has 3 rings (SSSR count). The van der Waals surface area contributed by atoms with Crippen LogP contribution in [0.25, 0.3) is 0 Å². The quantitative estimate of drug-likeness (QED) is 0.357. The van der Waals surface area contributed by atoms with Crippen LogP contribution in [-0.4, -0.2) is 34.6 Å². The van der Waals surface area contributed by atoms with Crippen LogP contribution in [0.15, 0.2) is 84.9 Å². The molecule has 0 aliphatic carbocycles. The molecule has 0 fully saturated rings. The summed E-state index contributed by atoms with van der Waals surface area (Å²) in [5.74, 6) is 0.0896. The third kappa shape index (κ3) is 8.25. The number of carbonyl (C=O) groups is 2. The van der Waals surface area contributed by atoms with Crippen LogP contribution in [-0.2, 0) is 28.3 Å². The van der Waals surface area contributed by atoms with E-state index < -0.39 is 6.04 Å². The van der Waals surface area contributed by atoms with Gasteiger partial charge in [-0.2, -0.15) is 0 Å². The number of rotatable bonds is 12. The van der Waals surface area contributed by atoms with E-state index >= 15 is 0 Å². The third-order valence-electron chi connectivity index (χ3n) is 5.91.